The van der Waals surface area contributed by atoms with Crippen molar-refractivity contribution in [2.45, 2.75) is 6.92 Å². The van der Waals surface area contributed by atoms with E-state index in [0.29, 0.717) is 22.7 Å². The summed E-state index contributed by atoms with van der Waals surface area (Å²) in [6.07, 6.45) is 1.65. The number of anilines is 2. The van der Waals surface area contributed by atoms with Crippen molar-refractivity contribution < 1.29 is 4.79 Å². The number of fused-ring (bicyclic) bond motifs is 1. The second-order valence-electron chi connectivity index (χ2n) is 4.50. The monoisotopic (exact) mass is 267 g/mol. The minimum absolute atomic E-state index is 0.220. The summed E-state index contributed by atoms with van der Waals surface area (Å²) in [6.45, 7) is 1.86. The summed E-state index contributed by atoms with van der Waals surface area (Å²) in [5, 5.41) is 10.4. The molecule has 6 heteroatoms. The third-order valence-corrected chi connectivity index (χ3v) is 3.10. The number of pyridine rings is 1. The van der Waals surface area contributed by atoms with E-state index in [9.17, 15) is 4.79 Å². The molecule has 0 fully saturated rings. The number of aromatic amines is 1. The Morgan fingerprint density at radius 3 is 3.00 bits per heavy atom. The number of hydrogen-bond acceptors (Lipinski definition) is 4. The fraction of sp³-hybridized carbons (Fsp3) is 0.0714. The van der Waals surface area contributed by atoms with Gasteiger partial charge in [0.1, 0.15) is 5.82 Å². The Bertz CT molecular complexity index is 793. The predicted octanol–water partition coefficient (Wildman–Crippen LogP) is 2.10. The Balaban J connectivity index is 1.90. The topological polar surface area (TPSA) is 96.7 Å². The highest BCUT2D eigenvalue weighted by Gasteiger charge is 2.11. The zero-order chi connectivity index (χ0) is 14.1. The van der Waals surface area contributed by atoms with Crippen LogP contribution in [0.25, 0.3) is 11.0 Å². The van der Waals surface area contributed by atoms with Gasteiger partial charge in [-0.2, -0.15) is 5.10 Å². The highest BCUT2D eigenvalue weighted by Crippen LogP contribution is 2.19. The molecule has 0 aliphatic carbocycles. The van der Waals surface area contributed by atoms with Gasteiger partial charge in [-0.25, -0.2) is 4.98 Å². The largest absolute Gasteiger partial charge is 0.399 e. The molecule has 3 aromatic rings. The summed E-state index contributed by atoms with van der Waals surface area (Å²) in [5.41, 5.74) is 8.39. The van der Waals surface area contributed by atoms with Crippen LogP contribution in [0.4, 0.5) is 11.5 Å². The average Bonchev–Trinajstić information content (AvgIpc) is 2.85. The SMILES string of the molecule is Cc1cc(C(=O)Nc2[nH]nc3ncccc23)ccc1N. The Morgan fingerprint density at radius 2 is 2.20 bits per heavy atom. The number of aryl methyl sites for hydroxylation is 1. The predicted molar refractivity (Wildman–Crippen MR) is 77.4 cm³/mol. The molecular weight excluding hydrogens is 254 g/mol. The molecule has 0 saturated carbocycles. The molecule has 3 rings (SSSR count). The quantitative estimate of drug-likeness (QED) is 0.619. The van der Waals surface area contributed by atoms with Crippen LogP contribution in [-0.4, -0.2) is 21.1 Å². The maximum absolute atomic E-state index is 12.2. The highest BCUT2D eigenvalue weighted by atomic mass is 16.1. The molecule has 0 aliphatic heterocycles. The first-order valence-electron chi connectivity index (χ1n) is 6.12. The van der Waals surface area contributed by atoms with Gasteiger partial charge in [-0.3, -0.25) is 9.89 Å². The number of hydrogen-bond donors (Lipinski definition) is 3. The van der Waals surface area contributed by atoms with Crippen LogP contribution in [0.5, 0.6) is 0 Å². The van der Waals surface area contributed by atoms with Crippen molar-refractivity contribution >= 4 is 28.4 Å². The maximum atomic E-state index is 12.2. The minimum Gasteiger partial charge on any atom is -0.399 e. The minimum atomic E-state index is -0.220. The van der Waals surface area contributed by atoms with Crippen LogP contribution in [0.2, 0.25) is 0 Å². The van der Waals surface area contributed by atoms with E-state index < -0.39 is 0 Å². The molecule has 1 aromatic carbocycles. The average molecular weight is 267 g/mol. The molecule has 0 aliphatic rings. The van der Waals surface area contributed by atoms with Gasteiger partial charge >= 0.3 is 0 Å². The van der Waals surface area contributed by atoms with Crippen LogP contribution in [0.1, 0.15) is 15.9 Å². The van der Waals surface area contributed by atoms with Crippen molar-refractivity contribution in [3.8, 4) is 0 Å². The van der Waals surface area contributed by atoms with Gasteiger partial charge in [0, 0.05) is 17.4 Å². The number of nitrogens with zero attached hydrogens (tertiary/aromatic N) is 2. The Hall–Kier alpha value is -2.89. The smallest absolute Gasteiger partial charge is 0.256 e. The number of nitrogens with two attached hydrogens (primary N) is 1. The fourth-order valence-electron chi connectivity index (χ4n) is 1.95. The lowest BCUT2D eigenvalue weighted by Gasteiger charge is -2.05. The number of carbonyl (C=O) groups excluding carboxylic acids is 1. The van der Waals surface area contributed by atoms with Crippen LogP contribution < -0.4 is 11.1 Å². The molecule has 1 amide bonds. The second-order valence-corrected chi connectivity index (χ2v) is 4.50. The molecule has 0 atom stereocenters. The Labute approximate surface area is 115 Å². The van der Waals surface area contributed by atoms with Crippen LogP contribution in [-0.2, 0) is 0 Å². The number of rotatable bonds is 2. The number of aromatic nitrogens is 3. The van der Waals surface area contributed by atoms with Gasteiger partial charge in [0.2, 0.25) is 0 Å². The standard InChI is InChI=1S/C14H13N5O/c1-8-7-9(4-5-11(8)15)14(20)17-13-10-3-2-6-16-12(10)18-19-13/h2-7H,15H2,1H3,(H2,16,17,18,19,20). The van der Waals surface area contributed by atoms with Gasteiger partial charge in [0.05, 0.1) is 5.39 Å². The van der Waals surface area contributed by atoms with E-state index in [1.807, 2.05) is 13.0 Å². The van der Waals surface area contributed by atoms with Gasteiger partial charge in [-0.1, -0.05) is 0 Å². The zero-order valence-corrected chi connectivity index (χ0v) is 10.8. The molecule has 0 radical (unpaired) electrons. The van der Waals surface area contributed by atoms with E-state index in [1.54, 1.807) is 30.5 Å². The summed E-state index contributed by atoms with van der Waals surface area (Å²) in [6, 6.07) is 8.80. The van der Waals surface area contributed by atoms with Crippen LogP contribution in [0, 0.1) is 6.92 Å². The number of carbonyl (C=O) groups is 1. The van der Waals surface area contributed by atoms with Gasteiger partial charge in [0.25, 0.3) is 5.91 Å². The van der Waals surface area contributed by atoms with Crippen molar-refractivity contribution in [3.05, 3.63) is 47.7 Å². The summed E-state index contributed by atoms with van der Waals surface area (Å²) in [4.78, 5) is 16.3. The normalized spacial score (nSPS) is 10.7. The van der Waals surface area contributed by atoms with Crippen LogP contribution >= 0.6 is 0 Å². The van der Waals surface area contributed by atoms with E-state index in [2.05, 4.69) is 20.5 Å². The van der Waals surface area contributed by atoms with E-state index in [4.69, 9.17) is 5.73 Å². The van der Waals surface area contributed by atoms with Gasteiger partial charge in [-0.05, 0) is 42.8 Å². The van der Waals surface area contributed by atoms with Crippen LogP contribution in [0.3, 0.4) is 0 Å². The molecule has 4 N–H and O–H groups in total. The van der Waals surface area contributed by atoms with Crippen molar-refractivity contribution in [2.24, 2.45) is 0 Å². The molecule has 0 saturated heterocycles. The molecule has 6 nitrogen and oxygen atoms in total. The summed E-state index contributed by atoms with van der Waals surface area (Å²) >= 11 is 0. The summed E-state index contributed by atoms with van der Waals surface area (Å²) in [7, 11) is 0. The Morgan fingerprint density at radius 1 is 1.35 bits per heavy atom. The molecule has 100 valence electrons. The first-order valence-corrected chi connectivity index (χ1v) is 6.12. The van der Waals surface area contributed by atoms with Gasteiger partial charge in [-0.15, -0.1) is 0 Å². The Kier molecular flexibility index (Phi) is 2.83. The van der Waals surface area contributed by atoms with E-state index >= 15 is 0 Å². The highest BCUT2D eigenvalue weighted by molar-refractivity contribution is 6.07. The van der Waals surface area contributed by atoms with E-state index in [0.717, 1.165) is 10.9 Å². The molecule has 0 unspecified atom stereocenters. The number of amides is 1. The van der Waals surface area contributed by atoms with E-state index in [1.165, 1.54) is 0 Å². The lowest BCUT2D eigenvalue weighted by molar-refractivity contribution is 0.102. The third kappa shape index (κ3) is 2.07. The fourth-order valence-corrected chi connectivity index (χ4v) is 1.95. The van der Waals surface area contributed by atoms with Gasteiger partial charge in [0.15, 0.2) is 5.65 Å². The third-order valence-electron chi connectivity index (χ3n) is 3.10. The molecule has 2 aromatic heterocycles. The maximum Gasteiger partial charge on any atom is 0.256 e. The first kappa shape index (κ1) is 12.2. The second kappa shape index (κ2) is 4.65. The summed E-state index contributed by atoms with van der Waals surface area (Å²) < 4.78 is 0. The molecule has 0 bridgehead atoms. The first-order chi connectivity index (χ1) is 9.65. The van der Waals surface area contributed by atoms with Crippen molar-refractivity contribution in [1.82, 2.24) is 15.2 Å². The molecule has 0 spiro atoms. The number of benzene rings is 1. The van der Waals surface area contributed by atoms with Crippen molar-refractivity contribution in [1.29, 1.82) is 0 Å². The molecule has 2 heterocycles. The van der Waals surface area contributed by atoms with Crippen molar-refractivity contribution in [2.75, 3.05) is 11.1 Å². The molecule has 20 heavy (non-hydrogen) atoms. The number of nitrogen functional groups attached to an aromatic ring is 1. The van der Waals surface area contributed by atoms with E-state index in [-0.39, 0.29) is 5.91 Å². The van der Waals surface area contributed by atoms with Gasteiger partial charge < -0.3 is 11.1 Å². The van der Waals surface area contributed by atoms with Crippen LogP contribution in [0.15, 0.2) is 36.5 Å². The lowest BCUT2D eigenvalue weighted by Crippen LogP contribution is -2.12. The zero-order valence-electron chi connectivity index (χ0n) is 10.8. The lowest BCUT2D eigenvalue weighted by atomic mass is 10.1. The van der Waals surface area contributed by atoms with Crippen molar-refractivity contribution in [3.63, 3.8) is 0 Å². The summed E-state index contributed by atoms with van der Waals surface area (Å²) in [5.74, 6) is 0.315. The number of nitrogens with one attached hydrogen (secondary N) is 2. The molecular formula is C14H13N5O. The number of H-pyrrole nitrogens is 1.